The minimum absolute atomic E-state index is 0.123. The molecule has 2 N–H and O–H groups in total. The summed E-state index contributed by atoms with van der Waals surface area (Å²) in [5, 5.41) is 10.9. The van der Waals surface area contributed by atoms with Crippen LogP contribution in [0.25, 0.3) is 0 Å². The zero-order valence-electron chi connectivity index (χ0n) is 9.84. The van der Waals surface area contributed by atoms with E-state index in [1.54, 1.807) is 12.1 Å². The molecule has 102 valence electrons. The Kier molecular flexibility index (Phi) is 4.75. The molecule has 19 heavy (non-hydrogen) atoms. The van der Waals surface area contributed by atoms with Crippen molar-refractivity contribution in [3.63, 3.8) is 0 Å². The molecular weight excluding hydrogens is 350 g/mol. The molecule has 1 aromatic heterocycles. The fourth-order valence-corrected chi connectivity index (χ4v) is 4.38. The van der Waals surface area contributed by atoms with E-state index < -0.39 is 10.0 Å². The van der Waals surface area contributed by atoms with Crippen molar-refractivity contribution in [3.05, 3.63) is 50.6 Å². The Morgan fingerprint density at radius 1 is 1.32 bits per heavy atom. The van der Waals surface area contributed by atoms with E-state index >= 15 is 0 Å². The molecule has 1 aromatic carbocycles. The first-order valence-corrected chi connectivity index (χ1v) is 8.60. The average Bonchev–Trinajstić information content (AvgIpc) is 2.89. The summed E-state index contributed by atoms with van der Waals surface area (Å²) in [4.78, 5) is 1.12. The number of rotatable bonds is 5. The van der Waals surface area contributed by atoms with Crippen LogP contribution < -0.4 is 4.72 Å². The molecule has 1 heterocycles. The number of hydrogen-bond donors (Lipinski definition) is 2. The first-order chi connectivity index (χ1) is 9.03. The van der Waals surface area contributed by atoms with Crippen LogP contribution in [0, 0.1) is 0 Å². The Morgan fingerprint density at radius 2 is 2.11 bits per heavy atom. The van der Waals surface area contributed by atoms with Gasteiger partial charge in [0.05, 0.1) is 11.5 Å². The smallest absolute Gasteiger partial charge is 0.242 e. The van der Waals surface area contributed by atoms with Crippen molar-refractivity contribution in [3.8, 4) is 0 Å². The van der Waals surface area contributed by atoms with Gasteiger partial charge in [0.25, 0.3) is 0 Å². The summed E-state index contributed by atoms with van der Waals surface area (Å²) in [6, 6.07) is 8.41. The summed E-state index contributed by atoms with van der Waals surface area (Å²) in [6.07, 6.45) is 0. The second-order valence-corrected chi connectivity index (χ2v) is 7.45. The van der Waals surface area contributed by atoms with E-state index in [2.05, 4.69) is 20.7 Å². The lowest BCUT2D eigenvalue weighted by atomic mass is 10.2. The number of aliphatic hydroxyl groups excluding tert-OH is 1. The van der Waals surface area contributed by atoms with E-state index in [-0.39, 0.29) is 18.0 Å². The Hall–Kier alpha value is -0.730. The number of aliphatic hydroxyl groups is 1. The molecule has 0 fully saturated rings. The lowest BCUT2D eigenvalue weighted by Gasteiger charge is -2.08. The normalized spacial score (nSPS) is 11.7. The number of hydrogen-bond acceptors (Lipinski definition) is 4. The molecule has 2 aromatic rings. The molecule has 0 bridgehead atoms. The van der Waals surface area contributed by atoms with Gasteiger partial charge in [-0.1, -0.05) is 12.1 Å². The van der Waals surface area contributed by atoms with Crippen molar-refractivity contribution in [1.82, 2.24) is 4.72 Å². The zero-order valence-corrected chi connectivity index (χ0v) is 13.1. The highest BCUT2D eigenvalue weighted by atomic mass is 79.9. The van der Waals surface area contributed by atoms with E-state index in [1.807, 2.05) is 17.5 Å². The highest BCUT2D eigenvalue weighted by Crippen LogP contribution is 2.23. The van der Waals surface area contributed by atoms with Crippen molar-refractivity contribution in [2.45, 2.75) is 18.0 Å². The Bertz CT molecular complexity index is 654. The first-order valence-electron chi connectivity index (χ1n) is 5.44. The van der Waals surface area contributed by atoms with Crippen LogP contribution in [0.1, 0.15) is 10.4 Å². The third-order valence-corrected chi connectivity index (χ3v) is 5.74. The number of sulfonamides is 1. The highest BCUT2D eigenvalue weighted by Gasteiger charge is 2.17. The number of halogens is 1. The Balaban J connectivity index is 2.19. The second-order valence-electron chi connectivity index (χ2n) is 3.83. The van der Waals surface area contributed by atoms with Gasteiger partial charge >= 0.3 is 0 Å². The van der Waals surface area contributed by atoms with Crippen molar-refractivity contribution < 1.29 is 13.5 Å². The van der Waals surface area contributed by atoms with Crippen LogP contribution in [0.2, 0.25) is 0 Å². The SMILES string of the molecule is O=S(=O)(NCc1cccs1)c1ccc(CO)cc1Br. The van der Waals surface area contributed by atoms with E-state index in [1.165, 1.54) is 17.4 Å². The minimum atomic E-state index is -3.56. The number of benzene rings is 1. The van der Waals surface area contributed by atoms with Crippen LogP contribution in [0.5, 0.6) is 0 Å². The van der Waals surface area contributed by atoms with Crippen molar-refractivity contribution in [2.75, 3.05) is 0 Å². The van der Waals surface area contributed by atoms with Crippen LogP contribution >= 0.6 is 27.3 Å². The molecule has 0 aliphatic carbocycles. The molecule has 0 atom stereocenters. The van der Waals surface area contributed by atoms with Gasteiger partial charge in [0.2, 0.25) is 10.0 Å². The van der Waals surface area contributed by atoms with Crippen LogP contribution in [0.3, 0.4) is 0 Å². The van der Waals surface area contributed by atoms with E-state index in [9.17, 15) is 8.42 Å². The Morgan fingerprint density at radius 3 is 2.68 bits per heavy atom. The van der Waals surface area contributed by atoms with Gasteiger partial charge in [0.15, 0.2) is 0 Å². The van der Waals surface area contributed by atoms with Gasteiger partial charge in [-0.2, -0.15) is 0 Å². The molecular formula is C12H12BrNO3S2. The fourth-order valence-electron chi connectivity index (χ4n) is 1.52. The molecule has 0 radical (unpaired) electrons. The lowest BCUT2D eigenvalue weighted by molar-refractivity contribution is 0.281. The standard InChI is InChI=1S/C12H12BrNO3S2/c13-11-6-9(8-15)3-4-12(11)19(16,17)14-7-10-2-1-5-18-10/h1-6,14-15H,7-8H2. The van der Waals surface area contributed by atoms with E-state index in [0.29, 0.717) is 10.0 Å². The van der Waals surface area contributed by atoms with Gasteiger partial charge in [-0.15, -0.1) is 11.3 Å². The van der Waals surface area contributed by atoms with Crippen LogP contribution in [0.4, 0.5) is 0 Å². The van der Waals surface area contributed by atoms with Gasteiger partial charge in [-0.25, -0.2) is 13.1 Å². The average molecular weight is 362 g/mol. The number of thiophene rings is 1. The second kappa shape index (κ2) is 6.15. The predicted octanol–water partition coefficient (Wildman–Crippen LogP) is 2.48. The molecule has 0 amide bonds. The molecule has 2 rings (SSSR count). The maximum Gasteiger partial charge on any atom is 0.242 e. The summed E-state index contributed by atoms with van der Waals surface area (Å²) in [6.45, 7) is 0.149. The third kappa shape index (κ3) is 3.64. The quantitative estimate of drug-likeness (QED) is 0.859. The highest BCUT2D eigenvalue weighted by molar-refractivity contribution is 9.10. The molecule has 0 spiro atoms. The van der Waals surface area contributed by atoms with Crippen molar-refractivity contribution in [2.24, 2.45) is 0 Å². The lowest BCUT2D eigenvalue weighted by Crippen LogP contribution is -2.23. The van der Waals surface area contributed by atoms with E-state index in [0.717, 1.165) is 4.88 Å². The van der Waals surface area contributed by atoms with Gasteiger partial charge in [-0.3, -0.25) is 0 Å². The molecule has 4 nitrogen and oxygen atoms in total. The summed E-state index contributed by atoms with van der Waals surface area (Å²) in [5.74, 6) is 0. The largest absolute Gasteiger partial charge is 0.392 e. The maximum absolute atomic E-state index is 12.1. The molecule has 0 unspecified atom stereocenters. The number of nitrogens with one attached hydrogen (secondary N) is 1. The first kappa shape index (κ1) is 14.7. The fraction of sp³-hybridized carbons (Fsp3) is 0.167. The molecule has 0 aliphatic heterocycles. The molecule has 7 heteroatoms. The topological polar surface area (TPSA) is 66.4 Å². The molecule has 0 aliphatic rings. The van der Waals surface area contributed by atoms with Crippen LogP contribution in [-0.4, -0.2) is 13.5 Å². The van der Waals surface area contributed by atoms with Gasteiger partial charge in [-0.05, 0) is 45.1 Å². The summed E-state index contributed by atoms with van der Waals surface area (Å²) >= 11 is 4.71. The van der Waals surface area contributed by atoms with Crippen LogP contribution in [0.15, 0.2) is 45.1 Å². The molecule has 0 saturated heterocycles. The van der Waals surface area contributed by atoms with E-state index in [4.69, 9.17) is 5.11 Å². The van der Waals surface area contributed by atoms with Gasteiger partial charge in [0, 0.05) is 15.9 Å². The van der Waals surface area contributed by atoms with Crippen LogP contribution in [-0.2, 0) is 23.2 Å². The van der Waals surface area contributed by atoms with Crippen molar-refractivity contribution >= 4 is 37.3 Å². The zero-order chi connectivity index (χ0) is 13.9. The maximum atomic E-state index is 12.1. The van der Waals surface area contributed by atoms with Crippen molar-refractivity contribution in [1.29, 1.82) is 0 Å². The predicted molar refractivity (Wildman–Crippen MR) is 78.4 cm³/mol. The minimum Gasteiger partial charge on any atom is -0.392 e. The summed E-state index contributed by atoms with van der Waals surface area (Å²) in [7, 11) is -3.56. The summed E-state index contributed by atoms with van der Waals surface area (Å²) < 4.78 is 27.3. The van der Waals surface area contributed by atoms with Gasteiger partial charge in [0.1, 0.15) is 0 Å². The molecule has 0 saturated carbocycles. The van der Waals surface area contributed by atoms with Gasteiger partial charge < -0.3 is 5.11 Å². The summed E-state index contributed by atoms with van der Waals surface area (Å²) in [5.41, 5.74) is 0.657. The monoisotopic (exact) mass is 361 g/mol. The third-order valence-electron chi connectivity index (χ3n) is 2.48. The Labute approximate surface area is 124 Å².